The monoisotopic (exact) mass is 429 g/mol. The summed E-state index contributed by atoms with van der Waals surface area (Å²) >= 11 is 6.01. The van der Waals surface area contributed by atoms with E-state index in [1.54, 1.807) is 36.4 Å². The second kappa shape index (κ2) is 8.03. The minimum absolute atomic E-state index is 0.0911. The maximum Gasteiger partial charge on any atom is 0.314 e. The number of nitrogens with one attached hydrogen (secondary N) is 2. The molecule has 2 aromatic carbocycles. The van der Waals surface area contributed by atoms with E-state index in [-0.39, 0.29) is 18.3 Å². The molecule has 1 aliphatic rings. The van der Waals surface area contributed by atoms with Crippen LogP contribution in [0.3, 0.4) is 0 Å². The predicted molar refractivity (Wildman–Crippen MR) is 107 cm³/mol. The highest BCUT2D eigenvalue weighted by atomic mass is 35.5. The summed E-state index contributed by atoms with van der Waals surface area (Å²) in [5.41, 5.74) is 2.14. The molecular weight excluding hydrogens is 416 g/mol. The quantitative estimate of drug-likeness (QED) is 0.544. The Morgan fingerprint density at radius 1 is 1.27 bits per heavy atom. The summed E-state index contributed by atoms with van der Waals surface area (Å²) in [4.78, 5) is 14.5. The first-order valence-electron chi connectivity index (χ1n) is 8.76. The fraction of sp³-hybridized carbons (Fsp3) is 0.100. The van der Waals surface area contributed by atoms with Gasteiger partial charge < -0.3 is 15.1 Å². The molecular formula is C20H14ClF2N5O2. The zero-order valence-corrected chi connectivity index (χ0v) is 16.0. The van der Waals surface area contributed by atoms with Gasteiger partial charge in [0, 0.05) is 28.1 Å². The van der Waals surface area contributed by atoms with E-state index in [1.807, 2.05) is 0 Å². The molecule has 0 fully saturated rings. The average Bonchev–Trinajstić information content (AvgIpc) is 3.33. The van der Waals surface area contributed by atoms with Gasteiger partial charge in [-0.15, -0.1) is 10.2 Å². The Morgan fingerprint density at radius 3 is 2.80 bits per heavy atom. The van der Waals surface area contributed by atoms with Crippen LogP contribution >= 0.6 is 11.6 Å². The van der Waals surface area contributed by atoms with Crippen LogP contribution in [-0.4, -0.2) is 27.2 Å². The molecule has 1 aromatic heterocycles. The second-order valence-corrected chi connectivity index (χ2v) is 6.80. The molecule has 4 rings (SSSR count). The molecule has 2 heterocycles. The van der Waals surface area contributed by atoms with Gasteiger partial charge >= 0.3 is 6.43 Å². The van der Waals surface area contributed by atoms with Crippen LogP contribution in [0.2, 0.25) is 5.02 Å². The van der Waals surface area contributed by atoms with Gasteiger partial charge in [-0.2, -0.15) is 8.78 Å². The number of halogens is 3. The Bertz CT molecular complexity index is 1160. The van der Waals surface area contributed by atoms with E-state index < -0.39 is 12.3 Å². The lowest BCUT2D eigenvalue weighted by Gasteiger charge is -2.21. The molecule has 10 heteroatoms. The number of carbonyl (C=O) groups excluding carboxylic acids is 1. The maximum atomic E-state index is 13.0. The number of rotatable bonds is 6. The molecule has 7 nitrogen and oxygen atoms in total. The molecule has 0 atom stereocenters. The second-order valence-electron chi connectivity index (χ2n) is 6.36. The highest BCUT2D eigenvalue weighted by Crippen LogP contribution is 2.31. The number of carbonyl (C=O) groups is 1. The summed E-state index contributed by atoms with van der Waals surface area (Å²) < 4.78 is 30.4. The van der Waals surface area contributed by atoms with E-state index in [9.17, 15) is 13.6 Å². The molecule has 3 aromatic rings. The third kappa shape index (κ3) is 3.79. The predicted octanol–water partition coefficient (Wildman–Crippen LogP) is 4.89. The van der Waals surface area contributed by atoms with Crippen molar-refractivity contribution >= 4 is 29.4 Å². The van der Waals surface area contributed by atoms with Gasteiger partial charge in [0.15, 0.2) is 0 Å². The van der Waals surface area contributed by atoms with Crippen LogP contribution in [0.1, 0.15) is 28.2 Å². The maximum absolute atomic E-state index is 13.0. The first-order chi connectivity index (χ1) is 14.5. The number of anilines is 1. The Labute approximate surface area is 174 Å². The number of hydrogen-bond acceptors (Lipinski definition) is 6. The summed E-state index contributed by atoms with van der Waals surface area (Å²) in [7, 11) is 0. The van der Waals surface area contributed by atoms with Crippen molar-refractivity contribution in [3.63, 3.8) is 0 Å². The average molecular weight is 430 g/mol. The third-order valence-electron chi connectivity index (χ3n) is 4.42. The summed E-state index contributed by atoms with van der Waals surface area (Å²) in [6.07, 6.45) is -0.346. The van der Waals surface area contributed by atoms with E-state index in [0.29, 0.717) is 27.7 Å². The Balaban J connectivity index is 1.62. The number of benzene rings is 2. The smallest absolute Gasteiger partial charge is 0.314 e. The summed E-state index contributed by atoms with van der Waals surface area (Å²) in [5, 5.41) is 18.0. The molecule has 0 aliphatic carbocycles. The lowest BCUT2D eigenvalue weighted by molar-refractivity contribution is 0.0828. The van der Waals surface area contributed by atoms with Crippen LogP contribution < -0.4 is 5.32 Å². The summed E-state index contributed by atoms with van der Waals surface area (Å²) in [5.74, 6) is -0.789. The number of alkyl halides is 2. The Hall–Kier alpha value is -3.59. The van der Waals surface area contributed by atoms with Crippen LogP contribution in [0.5, 0.6) is 0 Å². The van der Waals surface area contributed by atoms with E-state index >= 15 is 0 Å². The molecule has 0 bridgehead atoms. The van der Waals surface area contributed by atoms with Crippen LogP contribution in [0.4, 0.5) is 14.5 Å². The molecule has 0 unspecified atom stereocenters. The lowest BCUT2D eigenvalue weighted by Crippen LogP contribution is -2.27. The molecule has 30 heavy (non-hydrogen) atoms. The minimum Gasteiger partial charge on any atom is -0.415 e. The van der Waals surface area contributed by atoms with E-state index in [2.05, 4.69) is 15.5 Å². The molecule has 0 saturated heterocycles. The Kier molecular flexibility index (Phi) is 5.28. The van der Waals surface area contributed by atoms with Crippen molar-refractivity contribution in [2.24, 2.45) is 0 Å². The molecule has 1 amide bonds. The molecule has 1 aliphatic heterocycles. The normalized spacial score (nSPS) is 13.7. The number of hydrogen-bond donors (Lipinski definition) is 2. The topological polar surface area (TPSA) is 95.1 Å². The zero-order valence-electron chi connectivity index (χ0n) is 15.3. The van der Waals surface area contributed by atoms with Gasteiger partial charge in [-0.25, -0.2) is 0 Å². The van der Waals surface area contributed by atoms with Crippen molar-refractivity contribution in [2.45, 2.75) is 13.0 Å². The third-order valence-corrected chi connectivity index (χ3v) is 4.65. The standard InChI is InChI=1S/C20H14ClF2N5O2/c21-13-2-1-3-14(9-13)25-16(6-7-24)28-10-12-5-4-11(8-15(12)20(28)29)18-26-27-19(30-18)17(22)23/h1-9,17,24-25H,10H2/b16-6+,24-7?. The van der Waals surface area contributed by atoms with Crippen LogP contribution in [0, 0.1) is 5.41 Å². The lowest BCUT2D eigenvalue weighted by atomic mass is 10.1. The summed E-state index contributed by atoms with van der Waals surface area (Å²) in [6, 6.07) is 11.8. The summed E-state index contributed by atoms with van der Waals surface area (Å²) in [6.45, 7) is 0.272. The van der Waals surface area contributed by atoms with Crippen LogP contribution in [0.15, 0.2) is 58.8 Å². The zero-order chi connectivity index (χ0) is 21.3. The van der Waals surface area contributed by atoms with E-state index in [4.69, 9.17) is 21.4 Å². The van der Waals surface area contributed by atoms with Gasteiger partial charge in [0.2, 0.25) is 5.89 Å². The van der Waals surface area contributed by atoms with Crippen molar-refractivity contribution in [3.8, 4) is 11.5 Å². The first kappa shape index (κ1) is 19.7. The fourth-order valence-corrected chi connectivity index (χ4v) is 3.25. The number of amides is 1. The molecule has 152 valence electrons. The van der Waals surface area contributed by atoms with Crippen molar-refractivity contribution in [2.75, 3.05) is 5.32 Å². The highest BCUT2D eigenvalue weighted by Gasteiger charge is 2.31. The van der Waals surface area contributed by atoms with Gasteiger partial charge in [0.25, 0.3) is 11.8 Å². The molecule has 2 N–H and O–H groups in total. The number of fused-ring (bicyclic) bond motifs is 1. The SMILES string of the molecule is N=C/C=C(\Nc1cccc(Cl)c1)N1Cc2ccc(-c3nnc(C(F)F)o3)cc2C1=O. The van der Waals surface area contributed by atoms with Crippen molar-refractivity contribution < 1.29 is 18.0 Å². The van der Waals surface area contributed by atoms with Crippen molar-refractivity contribution in [1.82, 2.24) is 15.1 Å². The number of allylic oxidation sites excluding steroid dienone is 1. The van der Waals surface area contributed by atoms with Crippen LogP contribution in [-0.2, 0) is 6.54 Å². The molecule has 0 spiro atoms. The molecule has 0 radical (unpaired) electrons. The van der Waals surface area contributed by atoms with Gasteiger partial charge in [-0.3, -0.25) is 9.69 Å². The minimum atomic E-state index is -2.87. The number of nitrogens with zero attached hydrogens (tertiary/aromatic N) is 3. The fourth-order valence-electron chi connectivity index (χ4n) is 3.06. The van der Waals surface area contributed by atoms with Gasteiger partial charge in [0.1, 0.15) is 5.82 Å². The van der Waals surface area contributed by atoms with Crippen molar-refractivity contribution in [3.05, 3.63) is 76.4 Å². The first-order valence-corrected chi connectivity index (χ1v) is 9.14. The van der Waals surface area contributed by atoms with Gasteiger partial charge in [-0.1, -0.05) is 23.7 Å². The largest absolute Gasteiger partial charge is 0.415 e. The number of aromatic nitrogens is 2. The molecule has 0 saturated carbocycles. The van der Waals surface area contributed by atoms with Gasteiger partial charge in [0.05, 0.1) is 6.54 Å². The Morgan fingerprint density at radius 2 is 2.10 bits per heavy atom. The van der Waals surface area contributed by atoms with E-state index in [1.165, 1.54) is 17.0 Å². The highest BCUT2D eigenvalue weighted by molar-refractivity contribution is 6.30. The van der Waals surface area contributed by atoms with Crippen LogP contribution in [0.25, 0.3) is 11.5 Å². The van der Waals surface area contributed by atoms with Crippen molar-refractivity contribution in [1.29, 1.82) is 5.41 Å². The van der Waals surface area contributed by atoms with Gasteiger partial charge in [-0.05, 0) is 42.0 Å². The van der Waals surface area contributed by atoms with E-state index in [0.717, 1.165) is 11.8 Å².